The number of carbonyl (C=O) groups is 1. The predicted octanol–water partition coefficient (Wildman–Crippen LogP) is 0.814. The molecule has 7 nitrogen and oxygen atoms in total. The number of rotatable bonds is 3. The summed E-state index contributed by atoms with van der Waals surface area (Å²) in [5, 5.41) is 11.5. The van der Waals surface area contributed by atoms with E-state index in [0.717, 1.165) is 30.4 Å². The Morgan fingerprint density at radius 1 is 1.24 bits per heavy atom. The van der Waals surface area contributed by atoms with Gasteiger partial charge in [-0.25, -0.2) is 4.68 Å². The van der Waals surface area contributed by atoms with E-state index in [2.05, 4.69) is 15.6 Å². The summed E-state index contributed by atoms with van der Waals surface area (Å²) in [4.78, 5) is 25.0. The van der Waals surface area contributed by atoms with Gasteiger partial charge in [0.2, 0.25) is 5.91 Å². The van der Waals surface area contributed by atoms with Crippen LogP contribution in [0.1, 0.15) is 32.1 Å². The van der Waals surface area contributed by atoms with Crippen molar-refractivity contribution in [2.75, 3.05) is 0 Å². The zero-order valence-electron chi connectivity index (χ0n) is 14.1. The van der Waals surface area contributed by atoms with Gasteiger partial charge < -0.3 is 11.1 Å². The average molecular weight is 341 g/mol. The lowest BCUT2D eigenvalue weighted by atomic mass is 9.67. The van der Waals surface area contributed by atoms with Crippen molar-refractivity contribution in [2.24, 2.45) is 17.6 Å². The Morgan fingerprint density at radius 2 is 1.96 bits per heavy atom. The van der Waals surface area contributed by atoms with Crippen LogP contribution >= 0.6 is 0 Å². The zero-order valence-corrected chi connectivity index (χ0v) is 14.1. The number of nitrogens with zero attached hydrogens (tertiary/aromatic N) is 3. The molecule has 2 aliphatic carbocycles. The normalized spacial score (nSPS) is 28.7. The average Bonchev–Trinajstić information content (AvgIpc) is 2.58. The van der Waals surface area contributed by atoms with Gasteiger partial charge in [0.15, 0.2) is 0 Å². The number of nitrogens with one attached hydrogen (secondary N) is 1. The van der Waals surface area contributed by atoms with E-state index in [1.165, 1.54) is 6.42 Å². The SMILES string of the molecule is NC1CC2CCCC(C1)C2NC(=O)Cn1nnc2ccccc2c1=O. The number of fused-ring (bicyclic) bond motifs is 3. The predicted molar refractivity (Wildman–Crippen MR) is 93.8 cm³/mol. The second kappa shape index (κ2) is 6.55. The molecule has 1 aromatic carbocycles. The number of hydrogen-bond donors (Lipinski definition) is 2. The first-order valence-corrected chi connectivity index (χ1v) is 8.99. The van der Waals surface area contributed by atoms with E-state index < -0.39 is 0 Å². The monoisotopic (exact) mass is 341 g/mol. The largest absolute Gasteiger partial charge is 0.351 e. The summed E-state index contributed by atoms with van der Waals surface area (Å²) < 4.78 is 1.14. The van der Waals surface area contributed by atoms with E-state index in [1.807, 2.05) is 0 Å². The van der Waals surface area contributed by atoms with Gasteiger partial charge in [0.05, 0.1) is 5.39 Å². The summed E-state index contributed by atoms with van der Waals surface area (Å²) in [6.45, 7) is -0.0986. The van der Waals surface area contributed by atoms with Crippen LogP contribution in [0.15, 0.2) is 29.1 Å². The summed E-state index contributed by atoms with van der Waals surface area (Å²) in [5.74, 6) is 0.723. The fraction of sp³-hybridized carbons (Fsp3) is 0.556. The van der Waals surface area contributed by atoms with Crippen molar-refractivity contribution in [1.29, 1.82) is 0 Å². The highest BCUT2D eigenvalue weighted by molar-refractivity contribution is 5.78. The number of nitrogens with two attached hydrogens (primary N) is 1. The van der Waals surface area contributed by atoms with Crippen molar-refractivity contribution in [3.63, 3.8) is 0 Å². The molecule has 2 saturated carbocycles. The quantitative estimate of drug-likeness (QED) is 0.860. The smallest absolute Gasteiger partial charge is 0.278 e. The minimum Gasteiger partial charge on any atom is -0.351 e. The van der Waals surface area contributed by atoms with E-state index in [1.54, 1.807) is 24.3 Å². The van der Waals surface area contributed by atoms with Crippen molar-refractivity contribution >= 4 is 16.8 Å². The minimum atomic E-state index is -0.286. The molecule has 2 unspecified atom stereocenters. The van der Waals surface area contributed by atoms with Crippen molar-refractivity contribution in [3.8, 4) is 0 Å². The molecule has 2 aromatic rings. The van der Waals surface area contributed by atoms with Gasteiger partial charge in [0, 0.05) is 12.1 Å². The van der Waals surface area contributed by atoms with Crippen LogP contribution in [0.3, 0.4) is 0 Å². The molecule has 0 aliphatic heterocycles. The van der Waals surface area contributed by atoms with Gasteiger partial charge in [-0.15, -0.1) is 5.10 Å². The second-order valence-corrected chi connectivity index (χ2v) is 7.35. The molecule has 0 radical (unpaired) electrons. The molecule has 25 heavy (non-hydrogen) atoms. The Kier molecular flexibility index (Phi) is 4.25. The first-order chi connectivity index (χ1) is 12.1. The Bertz CT molecular complexity index is 835. The van der Waals surface area contributed by atoms with Crippen molar-refractivity contribution < 1.29 is 4.79 Å². The summed E-state index contributed by atoms with van der Waals surface area (Å²) in [5.41, 5.74) is 6.39. The molecule has 2 fully saturated rings. The molecule has 132 valence electrons. The van der Waals surface area contributed by atoms with Crippen LogP contribution in [0.5, 0.6) is 0 Å². The number of hydrogen-bond acceptors (Lipinski definition) is 5. The van der Waals surface area contributed by atoms with Crippen LogP contribution in [-0.2, 0) is 11.3 Å². The molecule has 7 heteroatoms. The zero-order chi connectivity index (χ0) is 17.4. The molecule has 0 saturated heterocycles. The van der Waals surface area contributed by atoms with E-state index in [-0.39, 0.29) is 30.1 Å². The van der Waals surface area contributed by atoms with Gasteiger partial charge in [0.1, 0.15) is 12.1 Å². The summed E-state index contributed by atoms with van der Waals surface area (Å²) in [6, 6.07) is 7.44. The maximum atomic E-state index is 12.5. The van der Waals surface area contributed by atoms with Crippen LogP contribution in [0.4, 0.5) is 0 Å². The van der Waals surface area contributed by atoms with Crippen LogP contribution in [-0.4, -0.2) is 33.0 Å². The van der Waals surface area contributed by atoms with Gasteiger partial charge in [-0.3, -0.25) is 9.59 Å². The lowest BCUT2D eigenvalue weighted by molar-refractivity contribution is -0.124. The lowest BCUT2D eigenvalue weighted by Crippen LogP contribution is -2.54. The summed E-state index contributed by atoms with van der Waals surface area (Å²) in [6.07, 6.45) is 5.38. The number of carbonyl (C=O) groups excluding carboxylic acids is 1. The molecule has 2 bridgehead atoms. The lowest BCUT2D eigenvalue weighted by Gasteiger charge is -2.45. The molecular weight excluding hydrogens is 318 g/mol. The highest BCUT2D eigenvalue weighted by Gasteiger charge is 2.39. The molecule has 1 amide bonds. The Hall–Kier alpha value is -2.28. The molecule has 0 spiro atoms. The third-order valence-corrected chi connectivity index (χ3v) is 5.63. The van der Waals surface area contributed by atoms with Crippen LogP contribution in [0.2, 0.25) is 0 Å². The molecule has 2 atom stereocenters. The van der Waals surface area contributed by atoms with Crippen molar-refractivity contribution in [3.05, 3.63) is 34.6 Å². The van der Waals surface area contributed by atoms with Crippen LogP contribution in [0, 0.1) is 11.8 Å². The van der Waals surface area contributed by atoms with Gasteiger partial charge in [-0.2, -0.15) is 0 Å². The topological polar surface area (TPSA) is 103 Å². The summed E-state index contributed by atoms with van der Waals surface area (Å²) >= 11 is 0. The third kappa shape index (κ3) is 3.16. The molecule has 1 aromatic heterocycles. The number of aromatic nitrogens is 3. The van der Waals surface area contributed by atoms with Crippen LogP contribution < -0.4 is 16.6 Å². The van der Waals surface area contributed by atoms with E-state index >= 15 is 0 Å². The maximum Gasteiger partial charge on any atom is 0.278 e. The fourth-order valence-corrected chi connectivity index (χ4v) is 4.52. The molecule has 1 heterocycles. The van der Waals surface area contributed by atoms with E-state index in [0.29, 0.717) is 22.7 Å². The molecule has 4 rings (SSSR count). The standard InChI is InChI=1S/C18H23N5O2/c19-13-8-11-4-3-5-12(9-13)17(11)20-16(24)10-23-18(25)14-6-1-2-7-15(14)21-22-23/h1-2,6-7,11-13,17H,3-5,8-10,19H2,(H,20,24). The van der Waals surface area contributed by atoms with Gasteiger partial charge >= 0.3 is 0 Å². The van der Waals surface area contributed by atoms with E-state index in [4.69, 9.17) is 5.73 Å². The highest BCUT2D eigenvalue weighted by Crippen LogP contribution is 2.39. The molecular formula is C18H23N5O2. The number of benzene rings is 1. The Labute approximate surface area is 145 Å². The van der Waals surface area contributed by atoms with Gasteiger partial charge in [-0.05, 0) is 49.7 Å². The number of amides is 1. The second-order valence-electron chi connectivity index (χ2n) is 7.35. The summed E-state index contributed by atoms with van der Waals surface area (Å²) in [7, 11) is 0. The van der Waals surface area contributed by atoms with E-state index in [9.17, 15) is 9.59 Å². The Balaban J connectivity index is 1.49. The third-order valence-electron chi connectivity index (χ3n) is 5.63. The van der Waals surface area contributed by atoms with Gasteiger partial charge in [0.25, 0.3) is 5.56 Å². The Morgan fingerprint density at radius 3 is 2.72 bits per heavy atom. The fourth-order valence-electron chi connectivity index (χ4n) is 4.52. The first-order valence-electron chi connectivity index (χ1n) is 8.99. The minimum absolute atomic E-state index is 0.0986. The first kappa shape index (κ1) is 16.2. The van der Waals surface area contributed by atoms with Gasteiger partial charge in [-0.1, -0.05) is 23.8 Å². The van der Waals surface area contributed by atoms with Crippen molar-refractivity contribution in [2.45, 2.75) is 50.7 Å². The molecule has 2 aliphatic rings. The van der Waals surface area contributed by atoms with Crippen LogP contribution in [0.25, 0.3) is 10.9 Å². The highest BCUT2D eigenvalue weighted by atomic mass is 16.2. The molecule has 3 N–H and O–H groups in total. The maximum absolute atomic E-state index is 12.5. The van der Waals surface area contributed by atoms with Crippen molar-refractivity contribution in [1.82, 2.24) is 20.3 Å².